The number of nitrogens with zero attached hydrogens (tertiary/aromatic N) is 2. The van der Waals surface area contributed by atoms with Crippen molar-refractivity contribution in [1.29, 1.82) is 5.26 Å². The number of benzene rings is 2. The highest BCUT2D eigenvalue weighted by Crippen LogP contribution is 2.21. The fourth-order valence-corrected chi connectivity index (χ4v) is 2.79. The normalized spacial score (nSPS) is 10.4. The summed E-state index contributed by atoms with van der Waals surface area (Å²) >= 11 is 0. The maximum absolute atomic E-state index is 14.6. The number of nitriles is 1. The molecule has 0 aliphatic rings. The van der Waals surface area contributed by atoms with Crippen LogP contribution < -0.4 is 10.1 Å². The zero-order valence-electron chi connectivity index (χ0n) is 15.3. The van der Waals surface area contributed by atoms with Gasteiger partial charge in [0.25, 0.3) is 5.91 Å². The molecule has 0 saturated carbocycles. The second-order valence-electron chi connectivity index (χ2n) is 6.29. The highest BCUT2D eigenvalue weighted by Gasteiger charge is 2.12. The van der Waals surface area contributed by atoms with Gasteiger partial charge in [-0.15, -0.1) is 0 Å². The third-order valence-electron chi connectivity index (χ3n) is 4.29. The van der Waals surface area contributed by atoms with Crippen LogP contribution in [0.2, 0.25) is 0 Å². The van der Waals surface area contributed by atoms with E-state index in [1.165, 1.54) is 0 Å². The molecular formula is C22H20FN3O2. The van der Waals surface area contributed by atoms with E-state index in [2.05, 4.69) is 16.4 Å². The third-order valence-corrected chi connectivity index (χ3v) is 4.29. The third kappa shape index (κ3) is 4.83. The van der Waals surface area contributed by atoms with E-state index in [1.807, 2.05) is 12.1 Å². The molecule has 0 bridgehead atoms. The molecule has 0 atom stereocenters. The molecule has 142 valence electrons. The van der Waals surface area contributed by atoms with Crippen LogP contribution >= 0.6 is 0 Å². The molecule has 0 radical (unpaired) electrons. The van der Waals surface area contributed by atoms with Gasteiger partial charge < -0.3 is 10.1 Å². The molecule has 0 unspecified atom stereocenters. The molecule has 0 aliphatic carbocycles. The molecule has 1 N–H and O–H groups in total. The Labute approximate surface area is 162 Å². The minimum atomic E-state index is -0.481. The van der Waals surface area contributed by atoms with E-state index in [9.17, 15) is 9.18 Å². The average molecular weight is 377 g/mol. The van der Waals surface area contributed by atoms with Crippen LogP contribution in [-0.2, 0) is 6.54 Å². The molecule has 0 fully saturated rings. The standard InChI is InChI=1S/C22H20FN3O2/c23-21-18(6-4-8-20(21)28-13-3-1-2-11-24)15-26-22(27)17-9-10-19-16(14-17)7-5-12-25-19/h4-10,12,14H,1-3,13,15H2,(H,26,27). The number of unbranched alkanes of at least 4 members (excludes halogenated alkanes) is 2. The number of ether oxygens (including phenoxy) is 1. The van der Waals surface area contributed by atoms with Crippen LogP contribution in [0.4, 0.5) is 4.39 Å². The lowest BCUT2D eigenvalue weighted by molar-refractivity contribution is 0.0950. The van der Waals surface area contributed by atoms with Gasteiger partial charge in [-0.05, 0) is 43.2 Å². The first-order valence-electron chi connectivity index (χ1n) is 9.09. The van der Waals surface area contributed by atoms with Crippen LogP contribution in [0, 0.1) is 17.1 Å². The molecule has 5 nitrogen and oxygen atoms in total. The van der Waals surface area contributed by atoms with Gasteiger partial charge in [0.2, 0.25) is 0 Å². The number of rotatable bonds is 8. The molecule has 28 heavy (non-hydrogen) atoms. The van der Waals surface area contributed by atoms with Crippen molar-refractivity contribution in [1.82, 2.24) is 10.3 Å². The molecule has 0 spiro atoms. The van der Waals surface area contributed by atoms with Crippen molar-refractivity contribution < 1.29 is 13.9 Å². The van der Waals surface area contributed by atoms with Gasteiger partial charge in [0.15, 0.2) is 11.6 Å². The summed E-state index contributed by atoms with van der Waals surface area (Å²) in [6, 6.07) is 15.9. The Bertz CT molecular complexity index is 1010. The van der Waals surface area contributed by atoms with Crippen molar-refractivity contribution >= 4 is 16.8 Å². The van der Waals surface area contributed by atoms with Crippen molar-refractivity contribution in [2.75, 3.05) is 6.61 Å². The van der Waals surface area contributed by atoms with Crippen LogP contribution in [0.3, 0.4) is 0 Å². The number of fused-ring (bicyclic) bond motifs is 1. The van der Waals surface area contributed by atoms with Gasteiger partial charge in [0.1, 0.15) is 0 Å². The van der Waals surface area contributed by atoms with E-state index >= 15 is 0 Å². The molecule has 2 aromatic carbocycles. The van der Waals surface area contributed by atoms with E-state index < -0.39 is 5.82 Å². The topological polar surface area (TPSA) is 75.0 Å². The Morgan fingerprint density at radius 2 is 2.07 bits per heavy atom. The largest absolute Gasteiger partial charge is 0.491 e. The van der Waals surface area contributed by atoms with Crippen molar-refractivity contribution in [3.63, 3.8) is 0 Å². The lowest BCUT2D eigenvalue weighted by atomic mass is 10.1. The van der Waals surface area contributed by atoms with E-state index in [1.54, 1.807) is 42.6 Å². The monoisotopic (exact) mass is 377 g/mol. The Hall–Kier alpha value is -3.46. The van der Waals surface area contributed by atoms with E-state index in [-0.39, 0.29) is 18.2 Å². The first kappa shape index (κ1) is 19.3. The van der Waals surface area contributed by atoms with Gasteiger partial charge in [-0.2, -0.15) is 5.26 Å². The average Bonchev–Trinajstić information content (AvgIpc) is 2.73. The molecular weight excluding hydrogens is 357 g/mol. The minimum Gasteiger partial charge on any atom is -0.491 e. The number of nitrogens with one attached hydrogen (secondary N) is 1. The maximum Gasteiger partial charge on any atom is 0.251 e. The van der Waals surface area contributed by atoms with Crippen LogP contribution in [0.1, 0.15) is 35.2 Å². The van der Waals surface area contributed by atoms with Gasteiger partial charge in [0.05, 0.1) is 18.2 Å². The summed E-state index contributed by atoms with van der Waals surface area (Å²) in [5.74, 6) is -0.612. The molecule has 1 aromatic heterocycles. The van der Waals surface area contributed by atoms with Gasteiger partial charge in [-0.3, -0.25) is 9.78 Å². The van der Waals surface area contributed by atoms with Crippen molar-refractivity contribution in [3.8, 4) is 11.8 Å². The fourth-order valence-electron chi connectivity index (χ4n) is 2.79. The Morgan fingerprint density at radius 1 is 1.18 bits per heavy atom. The van der Waals surface area contributed by atoms with E-state index in [0.29, 0.717) is 30.6 Å². The predicted octanol–water partition coefficient (Wildman–Crippen LogP) is 4.38. The first-order chi connectivity index (χ1) is 13.7. The molecule has 1 amide bonds. The molecule has 0 saturated heterocycles. The predicted molar refractivity (Wildman–Crippen MR) is 104 cm³/mol. The van der Waals surface area contributed by atoms with Crippen LogP contribution in [0.5, 0.6) is 5.75 Å². The van der Waals surface area contributed by atoms with E-state index in [4.69, 9.17) is 10.00 Å². The van der Waals surface area contributed by atoms with Crippen LogP contribution in [-0.4, -0.2) is 17.5 Å². The molecule has 0 aliphatic heterocycles. The molecule has 3 aromatic rings. The van der Waals surface area contributed by atoms with Crippen LogP contribution in [0.15, 0.2) is 54.7 Å². The molecule has 3 rings (SSSR count). The summed E-state index contributed by atoms with van der Waals surface area (Å²) in [6.45, 7) is 0.404. The fraction of sp³-hybridized carbons (Fsp3) is 0.227. The van der Waals surface area contributed by atoms with Crippen LogP contribution in [0.25, 0.3) is 10.9 Å². The van der Waals surface area contributed by atoms with Gasteiger partial charge in [-0.25, -0.2) is 4.39 Å². The maximum atomic E-state index is 14.6. The molecule has 1 heterocycles. The number of aromatic nitrogens is 1. The number of hydrogen-bond donors (Lipinski definition) is 1. The van der Waals surface area contributed by atoms with Crippen molar-refractivity contribution in [2.24, 2.45) is 0 Å². The summed E-state index contributed by atoms with van der Waals surface area (Å²) in [6.07, 6.45) is 3.56. The number of pyridine rings is 1. The summed E-state index contributed by atoms with van der Waals surface area (Å²) in [4.78, 5) is 16.6. The summed E-state index contributed by atoms with van der Waals surface area (Å²) < 4.78 is 20.0. The Kier molecular flexibility index (Phi) is 6.53. The number of hydrogen-bond acceptors (Lipinski definition) is 4. The van der Waals surface area contributed by atoms with Crippen molar-refractivity contribution in [3.05, 3.63) is 71.7 Å². The van der Waals surface area contributed by atoms with E-state index in [0.717, 1.165) is 17.3 Å². The SMILES string of the molecule is N#CCCCCOc1cccc(CNC(=O)c2ccc3ncccc3c2)c1F. The second kappa shape index (κ2) is 9.47. The second-order valence-corrected chi connectivity index (χ2v) is 6.29. The lowest BCUT2D eigenvalue weighted by Gasteiger charge is -2.11. The highest BCUT2D eigenvalue weighted by molar-refractivity contribution is 5.97. The number of carbonyl (C=O) groups excluding carboxylic acids is 1. The Morgan fingerprint density at radius 3 is 2.93 bits per heavy atom. The molecule has 6 heteroatoms. The minimum absolute atomic E-state index is 0.0569. The number of amides is 1. The van der Waals surface area contributed by atoms with Gasteiger partial charge in [0, 0.05) is 35.7 Å². The van der Waals surface area contributed by atoms with Gasteiger partial charge in [-0.1, -0.05) is 18.2 Å². The lowest BCUT2D eigenvalue weighted by Crippen LogP contribution is -2.23. The summed E-state index contributed by atoms with van der Waals surface area (Å²) in [5, 5.41) is 12.1. The smallest absolute Gasteiger partial charge is 0.251 e. The first-order valence-corrected chi connectivity index (χ1v) is 9.09. The Balaban J connectivity index is 1.61. The number of halogens is 1. The quantitative estimate of drug-likeness (QED) is 0.591. The van der Waals surface area contributed by atoms with Gasteiger partial charge >= 0.3 is 0 Å². The summed E-state index contributed by atoms with van der Waals surface area (Å²) in [5.41, 5.74) is 1.65. The number of carbonyl (C=O) groups is 1. The zero-order valence-corrected chi connectivity index (χ0v) is 15.3. The zero-order chi connectivity index (χ0) is 19.8. The summed E-state index contributed by atoms with van der Waals surface area (Å²) in [7, 11) is 0. The highest BCUT2D eigenvalue weighted by atomic mass is 19.1. The van der Waals surface area contributed by atoms with Crippen molar-refractivity contribution in [2.45, 2.75) is 25.8 Å².